The zero-order valence-corrected chi connectivity index (χ0v) is 18.0. The number of aromatic nitrogens is 1. The van der Waals surface area contributed by atoms with Gasteiger partial charge in [0.25, 0.3) is 0 Å². The molecule has 6 heteroatoms. The number of hydrogen-bond acceptors (Lipinski definition) is 4. The van der Waals surface area contributed by atoms with Crippen molar-refractivity contribution in [1.29, 1.82) is 0 Å². The van der Waals surface area contributed by atoms with E-state index in [4.69, 9.17) is 0 Å². The fourth-order valence-corrected chi connectivity index (χ4v) is 4.16. The van der Waals surface area contributed by atoms with Crippen molar-refractivity contribution in [3.8, 4) is 0 Å². The van der Waals surface area contributed by atoms with Crippen LogP contribution < -0.4 is 10.6 Å². The van der Waals surface area contributed by atoms with Crippen molar-refractivity contribution in [1.82, 2.24) is 20.5 Å². The number of hydrogen-bond donors (Lipinski definition) is 2. The summed E-state index contributed by atoms with van der Waals surface area (Å²) >= 11 is 0. The van der Waals surface area contributed by atoms with E-state index in [0.29, 0.717) is 26.2 Å². The third-order valence-corrected chi connectivity index (χ3v) is 5.88. The molecular formula is C26H28N4O2. The van der Waals surface area contributed by atoms with Crippen LogP contribution in [0, 0.1) is 0 Å². The normalized spacial score (nSPS) is 16.5. The smallest absolute Gasteiger partial charge is 0.237 e. The van der Waals surface area contributed by atoms with Gasteiger partial charge in [-0.1, -0.05) is 60.7 Å². The Morgan fingerprint density at radius 1 is 1.00 bits per heavy atom. The fourth-order valence-electron chi connectivity index (χ4n) is 4.16. The Kier molecular flexibility index (Phi) is 7.25. The third-order valence-electron chi connectivity index (χ3n) is 5.88. The van der Waals surface area contributed by atoms with Crippen LogP contribution in [-0.2, 0) is 16.1 Å². The summed E-state index contributed by atoms with van der Waals surface area (Å²) < 4.78 is 0. The van der Waals surface area contributed by atoms with E-state index >= 15 is 0 Å². The minimum atomic E-state index is -0.490. The van der Waals surface area contributed by atoms with Crippen molar-refractivity contribution in [2.75, 3.05) is 19.6 Å². The van der Waals surface area contributed by atoms with Crippen molar-refractivity contribution < 1.29 is 9.59 Å². The molecule has 2 amide bonds. The summed E-state index contributed by atoms with van der Waals surface area (Å²) in [5.74, 6) is -0.106. The topological polar surface area (TPSA) is 74.3 Å². The van der Waals surface area contributed by atoms with Gasteiger partial charge in [-0.3, -0.25) is 19.5 Å². The third kappa shape index (κ3) is 5.59. The summed E-state index contributed by atoms with van der Waals surface area (Å²) in [5, 5.41) is 5.86. The van der Waals surface area contributed by atoms with E-state index in [9.17, 15) is 9.59 Å². The Hall–Kier alpha value is -3.51. The molecule has 0 bridgehead atoms. The van der Waals surface area contributed by atoms with Crippen molar-refractivity contribution >= 4 is 11.8 Å². The standard InChI is InChI=1S/C26H28N4O2/c31-25(29-18-20-11-13-27-14-12-20)17-24-26(32)28-15-16-30(24)19-23(21-7-3-1-4-8-21)22-9-5-2-6-10-22/h1-14,23-24H,15-19H2,(H,28,32)(H,29,31). The molecule has 1 atom stereocenters. The number of piperazine rings is 1. The van der Waals surface area contributed by atoms with Crippen LogP contribution >= 0.6 is 0 Å². The van der Waals surface area contributed by atoms with Crippen LogP contribution in [0.1, 0.15) is 29.0 Å². The second-order valence-electron chi connectivity index (χ2n) is 8.01. The van der Waals surface area contributed by atoms with Gasteiger partial charge >= 0.3 is 0 Å². The van der Waals surface area contributed by atoms with Gasteiger partial charge in [-0.25, -0.2) is 0 Å². The Bertz CT molecular complexity index is 972. The lowest BCUT2D eigenvalue weighted by atomic mass is 9.90. The van der Waals surface area contributed by atoms with Crippen LogP contribution in [0.15, 0.2) is 85.2 Å². The highest BCUT2D eigenvalue weighted by Crippen LogP contribution is 2.27. The lowest BCUT2D eigenvalue weighted by Gasteiger charge is -2.37. The molecule has 3 aromatic rings. The highest BCUT2D eigenvalue weighted by Gasteiger charge is 2.33. The summed E-state index contributed by atoms with van der Waals surface area (Å²) in [6, 6.07) is 23.9. The Morgan fingerprint density at radius 3 is 2.25 bits per heavy atom. The van der Waals surface area contributed by atoms with Crippen molar-refractivity contribution in [2.24, 2.45) is 0 Å². The van der Waals surface area contributed by atoms with E-state index in [0.717, 1.165) is 5.56 Å². The number of pyridine rings is 1. The lowest BCUT2D eigenvalue weighted by molar-refractivity contribution is -0.134. The van der Waals surface area contributed by atoms with Crippen LogP contribution in [0.5, 0.6) is 0 Å². The summed E-state index contributed by atoms with van der Waals surface area (Å²) in [6.07, 6.45) is 3.53. The lowest BCUT2D eigenvalue weighted by Crippen LogP contribution is -2.57. The first-order valence-corrected chi connectivity index (χ1v) is 11.0. The molecule has 1 saturated heterocycles. The Labute approximate surface area is 188 Å². The molecule has 0 aliphatic carbocycles. The molecule has 2 N–H and O–H groups in total. The van der Waals surface area contributed by atoms with Gasteiger partial charge in [-0.2, -0.15) is 0 Å². The molecule has 1 unspecified atom stereocenters. The number of amides is 2. The summed E-state index contributed by atoms with van der Waals surface area (Å²) in [4.78, 5) is 31.5. The zero-order valence-electron chi connectivity index (χ0n) is 18.0. The maximum Gasteiger partial charge on any atom is 0.237 e. The van der Waals surface area contributed by atoms with E-state index in [-0.39, 0.29) is 24.2 Å². The van der Waals surface area contributed by atoms with Gasteiger partial charge in [-0.15, -0.1) is 0 Å². The molecular weight excluding hydrogens is 400 g/mol. The first kappa shape index (κ1) is 21.7. The molecule has 4 rings (SSSR count). The van der Waals surface area contributed by atoms with Crippen molar-refractivity contribution in [3.05, 3.63) is 102 Å². The monoisotopic (exact) mass is 428 g/mol. The fraction of sp³-hybridized carbons (Fsp3) is 0.269. The van der Waals surface area contributed by atoms with E-state index in [2.05, 4.69) is 44.8 Å². The molecule has 1 fully saturated rings. The quantitative estimate of drug-likeness (QED) is 0.579. The Morgan fingerprint density at radius 2 is 1.62 bits per heavy atom. The average Bonchev–Trinajstić information content (AvgIpc) is 2.85. The molecule has 0 saturated carbocycles. The van der Waals surface area contributed by atoms with Gasteiger partial charge in [0.2, 0.25) is 11.8 Å². The average molecular weight is 429 g/mol. The van der Waals surface area contributed by atoms with E-state index in [1.165, 1.54) is 11.1 Å². The van der Waals surface area contributed by atoms with Gasteiger partial charge in [0.15, 0.2) is 0 Å². The number of benzene rings is 2. The molecule has 0 radical (unpaired) electrons. The molecule has 1 aliphatic rings. The first-order valence-electron chi connectivity index (χ1n) is 11.0. The van der Waals surface area contributed by atoms with Gasteiger partial charge in [-0.05, 0) is 28.8 Å². The predicted octanol–water partition coefficient (Wildman–Crippen LogP) is 2.72. The minimum Gasteiger partial charge on any atom is -0.353 e. The van der Waals surface area contributed by atoms with Crippen molar-refractivity contribution in [2.45, 2.75) is 24.9 Å². The minimum absolute atomic E-state index is 0.0878. The van der Waals surface area contributed by atoms with E-state index in [1.54, 1.807) is 12.4 Å². The largest absolute Gasteiger partial charge is 0.353 e. The molecule has 1 aromatic heterocycles. The zero-order chi connectivity index (χ0) is 22.2. The number of rotatable bonds is 8. The SMILES string of the molecule is O=C(CC1C(=O)NCCN1CC(c1ccccc1)c1ccccc1)NCc1ccncc1. The van der Waals surface area contributed by atoms with Gasteiger partial charge in [0.05, 0.1) is 12.5 Å². The first-order chi connectivity index (χ1) is 15.7. The highest BCUT2D eigenvalue weighted by atomic mass is 16.2. The predicted molar refractivity (Wildman–Crippen MR) is 124 cm³/mol. The van der Waals surface area contributed by atoms with Crippen LogP contribution in [0.3, 0.4) is 0 Å². The molecule has 164 valence electrons. The van der Waals surface area contributed by atoms with Crippen LogP contribution in [0.2, 0.25) is 0 Å². The number of nitrogens with zero attached hydrogens (tertiary/aromatic N) is 2. The molecule has 2 aromatic carbocycles. The van der Waals surface area contributed by atoms with Gasteiger partial charge in [0, 0.05) is 44.5 Å². The van der Waals surface area contributed by atoms with Crippen LogP contribution in [0.25, 0.3) is 0 Å². The maximum absolute atomic E-state index is 12.7. The van der Waals surface area contributed by atoms with Gasteiger partial charge < -0.3 is 10.6 Å². The molecule has 0 spiro atoms. The second kappa shape index (κ2) is 10.7. The highest BCUT2D eigenvalue weighted by molar-refractivity contribution is 5.88. The summed E-state index contributed by atoms with van der Waals surface area (Å²) in [7, 11) is 0. The number of carbonyl (C=O) groups is 2. The molecule has 2 heterocycles. The molecule has 6 nitrogen and oxygen atoms in total. The molecule has 32 heavy (non-hydrogen) atoms. The van der Waals surface area contributed by atoms with E-state index < -0.39 is 6.04 Å². The summed E-state index contributed by atoms with van der Waals surface area (Å²) in [5.41, 5.74) is 3.38. The van der Waals surface area contributed by atoms with E-state index in [1.807, 2.05) is 48.5 Å². The van der Waals surface area contributed by atoms with Crippen LogP contribution in [-0.4, -0.2) is 47.4 Å². The Balaban J connectivity index is 1.48. The van der Waals surface area contributed by atoms with Crippen molar-refractivity contribution in [3.63, 3.8) is 0 Å². The molecule has 1 aliphatic heterocycles. The number of nitrogens with one attached hydrogen (secondary N) is 2. The second-order valence-corrected chi connectivity index (χ2v) is 8.01. The summed E-state index contributed by atoms with van der Waals surface area (Å²) in [6.45, 7) is 2.39. The van der Waals surface area contributed by atoms with Crippen LogP contribution in [0.4, 0.5) is 0 Å². The number of carbonyl (C=O) groups excluding carboxylic acids is 2. The van der Waals surface area contributed by atoms with Gasteiger partial charge in [0.1, 0.15) is 0 Å². The maximum atomic E-state index is 12.7.